The van der Waals surface area contributed by atoms with Gasteiger partial charge in [0.25, 0.3) is 11.8 Å². The average Bonchev–Trinajstić information content (AvgIpc) is 3.27. The Morgan fingerprint density at radius 2 is 1.74 bits per heavy atom. The number of methoxy groups -OCH3 is 1. The molecule has 3 aromatic rings. The van der Waals surface area contributed by atoms with Crippen LogP contribution in [0.2, 0.25) is 0 Å². The van der Waals surface area contributed by atoms with E-state index in [1.54, 1.807) is 29.0 Å². The molecule has 1 saturated heterocycles. The minimum absolute atomic E-state index is 0.0753. The average molecular weight is 365 g/mol. The molecule has 0 radical (unpaired) electrons. The van der Waals surface area contributed by atoms with Gasteiger partial charge in [-0.05, 0) is 30.3 Å². The van der Waals surface area contributed by atoms with E-state index in [0.29, 0.717) is 37.4 Å². The van der Waals surface area contributed by atoms with Crippen LogP contribution in [0, 0.1) is 0 Å². The lowest BCUT2D eigenvalue weighted by atomic mass is 10.1. The van der Waals surface area contributed by atoms with Gasteiger partial charge in [0.2, 0.25) is 0 Å². The van der Waals surface area contributed by atoms with Gasteiger partial charge in [-0.15, -0.1) is 0 Å². The summed E-state index contributed by atoms with van der Waals surface area (Å²) in [6.45, 7) is 1.93. The fourth-order valence-electron chi connectivity index (χ4n) is 3.19. The predicted molar refractivity (Wildman–Crippen MR) is 98.8 cm³/mol. The van der Waals surface area contributed by atoms with E-state index in [1.165, 1.54) is 12.5 Å². The first-order valence-electron chi connectivity index (χ1n) is 8.71. The van der Waals surface area contributed by atoms with Crippen molar-refractivity contribution >= 4 is 22.7 Å². The molecular formula is C20H19N3O4. The van der Waals surface area contributed by atoms with Crippen LogP contribution in [-0.4, -0.2) is 59.9 Å². The van der Waals surface area contributed by atoms with Crippen molar-refractivity contribution in [2.75, 3.05) is 33.3 Å². The fraction of sp³-hybridized carbons (Fsp3) is 0.250. The number of aromatic nitrogens is 1. The van der Waals surface area contributed by atoms with Gasteiger partial charge in [0, 0.05) is 31.6 Å². The van der Waals surface area contributed by atoms with Crippen LogP contribution < -0.4 is 4.74 Å². The molecule has 4 rings (SSSR count). The Balaban J connectivity index is 1.44. The molecule has 1 aliphatic rings. The first-order valence-corrected chi connectivity index (χ1v) is 8.71. The summed E-state index contributed by atoms with van der Waals surface area (Å²) in [7, 11) is 1.61. The van der Waals surface area contributed by atoms with E-state index in [0.717, 1.165) is 16.7 Å². The van der Waals surface area contributed by atoms with E-state index in [4.69, 9.17) is 9.15 Å². The zero-order valence-corrected chi connectivity index (χ0v) is 14.9. The molecular weight excluding hydrogens is 346 g/mol. The fourth-order valence-corrected chi connectivity index (χ4v) is 3.19. The van der Waals surface area contributed by atoms with E-state index >= 15 is 0 Å². The highest BCUT2D eigenvalue weighted by molar-refractivity contribution is 5.96. The lowest BCUT2D eigenvalue weighted by Crippen LogP contribution is -2.50. The van der Waals surface area contributed by atoms with Crippen molar-refractivity contribution in [3.63, 3.8) is 0 Å². The molecule has 0 spiro atoms. The van der Waals surface area contributed by atoms with Gasteiger partial charge in [0.1, 0.15) is 17.7 Å². The van der Waals surface area contributed by atoms with E-state index in [9.17, 15) is 9.59 Å². The molecule has 7 nitrogen and oxygen atoms in total. The van der Waals surface area contributed by atoms with Gasteiger partial charge in [-0.2, -0.15) is 0 Å². The molecule has 2 aromatic heterocycles. The summed E-state index contributed by atoms with van der Waals surface area (Å²) in [5, 5.41) is 0.918. The van der Waals surface area contributed by atoms with E-state index in [-0.39, 0.29) is 11.8 Å². The normalized spacial score (nSPS) is 14.4. The SMILES string of the molecule is COc1ccc2nc(C(=O)N3CCN(C(=O)c4ccoc4)CC3)ccc2c1. The van der Waals surface area contributed by atoms with Gasteiger partial charge in [0.15, 0.2) is 0 Å². The van der Waals surface area contributed by atoms with Crippen molar-refractivity contribution in [1.82, 2.24) is 14.8 Å². The Morgan fingerprint density at radius 3 is 2.41 bits per heavy atom. The first kappa shape index (κ1) is 17.1. The lowest BCUT2D eigenvalue weighted by Gasteiger charge is -2.34. The van der Waals surface area contributed by atoms with Crippen LogP contribution in [0.15, 0.2) is 53.3 Å². The maximum Gasteiger partial charge on any atom is 0.272 e. The number of pyridine rings is 1. The van der Waals surface area contributed by atoms with Crippen LogP contribution >= 0.6 is 0 Å². The van der Waals surface area contributed by atoms with Crippen molar-refractivity contribution in [2.24, 2.45) is 0 Å². The third-order valence-corrected chi connectivity index (χ3v) is 4.74. The zero-order valence-electron chi connectivity index (χ0n) is 14.9. The molecule has 3 heterocycles. The monoisotopic (exact) mass is 365 g/mol. The number of ether oxygens (including phenoxy) is 1. The van der Waals surface area contributed by atoms with E-state index < -0.39 is 0 Å². The summed E-state index contributed by atoms with van der Waals surface area (Å²) >= 11 is 0. The van der Waals surface area contributed by atoms with Crippen LogP contribution in [0.5, 0.6) is 5.75 Å². The van der Waals surface area contributed by atoms with E-state index in [1.807, 2.05) is 24.3 Å². The number of amides is 2. The molecule has 7 heteroatoms. The summed E-state index contributed by atoms with van der Waals surface area (Å²) in [5.74, 6) is 0.554. The largest absolute Gasteiger partial charge is 0.497 e. The van der Waals surface area contributed by atoms with Crippen LogP contribution in [0.1, 0.15) is 20.8 Å². The molecule has 1 fully saturated rings. The van der Waals surface area contributed by atoms with Gasteiger partial charge in [-0.25, -0.2) is 4.98 Å². The number of carbonyl (C=O) groups is 2. The molecule has 138 valence electrons. The molecule has 0 unspecified atom stereocenters. The summed E-state index contributed by atoms with van der Waals surface area (Å²) in [6.07, 6.45) is 2.92. The Morgan fingerprint density at radius 1 is 1.00 bits per heavy atom. The molecule has 0 bridgehead atoms. The van der Waals surface area contributed by atoms with Gasteiger partial charge >= 0.3 is 0 Å². The number of benzene rings is 1. The van der Waals surface area contributed by atoms with Crippen LogP contribution in [-0.2, 0) is 0 Å². The number of carbonyl (C=O) groups excluding carboxylic acids is 2. The summed E-state index contributed by atoms with van der Waals surface area (Å²) < 4.78 is 10.2. The highest BCUT2D eigenvalue weighted by Crippen LogP contribution is 2.20. The zero-order chi connectivity index (χ0) is 18.8. The first-order chi connectivity index (χ1) is 13.2. The topological polar surface area (TPSA) is 75.9 Å². The van der Waals surface area contributed by atoms with Crippen LogP contribution in [0.4, 0.5) is 0 Å². The number of hydrogen-bond acceptors (Lipinski definition) is 5. The Kier molecular flexibility index (Phi) is 4.50. The maximum absolute atomic E-state index is 12.8. The number of furan rings is 1. The minimum atomic E-state index is -0.122. The Bertz CT molecular complexity index is 976. The highest BCUT2D eigenvalue weighted by atomic mass is 16.5. The Hall–Kier alpha value is -3.35. The van der Waals surface area contributed by atoms with Crippen molar-refractivity contribution in [3.8, 4) is 5.75 Å². The minimum Gasteiger partial charge on any atom is -0.497 e. The maximum atomic E-state index is 12.8. The summed E-state index contributed by atoms with van der Waals surface area (Å²) in [4.78, 5) is 33.1. The standard InChI is InChI=1S/C20H19N3O4/c1-26-16-3-5-17-14(12-16)2-4-18(21-17)20(25)23-9-7-22(8-10-23)19(24)15-6-11-27-13-15/h2-6,11-13H,7-10H2,1H3. The number of rotatable bonds is 3. The third kappa shape index (κ3) is 3.36. The molecule has 0 atom stereocenters. The second-order valence-corrected chi connectivity index (χ2v) is 6.35. The predicted octanol–water partition coefficient (Wildman–Crippen LogP) is 2.43. The summed E-state index contributed by atoms with van der Waals surface area (Å²) in [6, 6.07) is 10.8. The second-order valence-electron chi connectivity index (χ2n) is 6.35. The molecule has 0 aliphatic carbocycles. The number of nitrogens with zero attached hydrogens (tertiary/aromatic N) is 3. The molecule has 0 N–H and O–H groups in total. The van der Waals surface area contributed by atoms with Crippen molar-refractivity contribution in [2.45, 2.75) is 0 Å². The lowest BCUT2D eigenvalue weighted by molar-refractivity contribution is 0.0532. The number of piperazine rings is 1. The van der Waals surface area contributed by atoms with Gasteiger partial charge in [-0.1, -0.05) is 6.07 Å². The van der Waals surface area contributed by atoms with Gasteiger partial charge < -0.3 is 19.0 Å². The Labute approximate surface area is 156 Å². The van der Waals surface area contributed by atoms with Crippen LogP contribution in [0.25, 0.3) is 10.9 Å². The van der Waals surface area contributed by atoms with Gasteiger partial charge in [-0.3, -0.25) is 9.59 Å². The molecule has 27 heavy (non-hydrogen) atoms. The van der Waals surface area contributed by atoms with Crippen molar-refractivity contribution in [3.05, 3.63) is 60.2 Å². The smallest absolute Gasteiger partial charge is 0.272 e. The molecule has 2 amide bonds. The van der Waals surface area contributed by atoms with E-state index in [2.05, 4.69) is 4.98 Å². The third-order valence-electron chi connectivity index (χ3n) is 4.74. The molecule has 1 aromatic carbocycles. The van der Waals surface area contributed by atoms with Crippen molar-refractivity contribution < 1.29 is 18.7 Å². The van der Waals surface area contributed by atoms with Crippen LogP contribution in [0.3, 0.4) is 0 Å². The number of hydrogen-bond donors (Lipinski definition) is 0. The summed E-state index contributed by atoms with van der Waals surface area (Å²) in [5.41, 5.74) is 1.68. The second kappa shape index (κ2) is 7.11. The molecule has 1 aliphatic heterocycles. The highest BCUT2D eigenvalue weighted by Gasteiger charge is 2.26. The quantitative estimate of drug-likeness (QED) is 0.713. The number of fused-ring (bicyclic) bond motifs is 1. The van der Waals surface area contributed by atoms with Crippen molar-refractivity contribution in [1.29, 1.82) is 0 Å². The van der Waals surface area contributed by atoms with Gasteiger partial charge in [0.05, 0.1) is 24.5 Å². The molecule has 0 saturated carbocycles.